The molecule has 1 heterocycles. The summed E-state index contributed by atoms with van der Waals surface area (Å²) in [6.07, 6.45) is -0.850. The summed E-state index contributed by atoms with van der Waals surface area (Å²) in [6.45, 7) is 1.33. The number of hydrogen-bond acceptors (Lipinski definition) is 4. The molecule has 1 aliphatic rings. The van der Waals surface area contributed by atoms with Gasteiger partial charge in [-0.25, -0.2) is 0 Å². The fraction of sp³-hybridized carbons (Fsp3) is 0.222. The molecule has 0 spiro atoms. The molecule has 2 atom stereocenters. The van der Waals surface area contributed by atoms with E-state index in [2.05, 4.69) is 0 Å². The summed E-state index contributed by atoms with van der Waals surface area (Å²) in [6, 6.07) is 17.4. The van der Waals surface area contributed by atoms with Crippen LogP contribution in [-0.4, -0.2) is 25.0 Å². The second-order valence-corrected chi connectivity index (χ2v) is 6.53. The highest BCUT2D eigenvalue weighted by Crippen LogP contribution is 2.46. The van der Waals surface area contributed by atoms with Crippen molar-refractivity contribution in [2.45, 2.75) is 23.2 Å². The Morgan fingerprint density at radius 2 is 1.74 bits per heavy atom. The van der Waals surface area contributed by atoms with Gasteiger partial charge in [0.15, 0.2) is 6.10 Å². The molecule has 1 amide bonds. The molecule has 118 valence electrons. The van der Waals surface area contributed by atoms with Gasteiger partial charge < -0.3 is 9.64 Å². The van der Waals surface area contributed by atoms with Crippen molar-refractivity contribution in [2.75, 3.05) is 11.9 Å². The first-order chi connectivity index (χ1) is 11.1. The van der Waals surface area contributed by atoms with Crippen molar-refractivity contribution in [3.63, 3.8) is 0 Å². The molecule has 0 N–H and O–H groups in total. The van der Waals surface area contributed by atoms with Gasteiger partial charge in [-0.05, 0) is 17.7 Å². The highest BCUT2D eigenvalue weighted by Gasteiger charge is 2.39. The third-order valence-electron chi connectivity index (χ3n) is 3.75. The third kappa shape index (κ3) is 3.10. The van der Waals surface area contributed by atoms with Crippen molar-refractivity contribution in [1.29, 1.82) is 0 Å². The Kier molecular flexibility index (Phi) is 4.39. The van der Waals surface area contributed by atoms with Crippen LogP contribution in [0, 0.1) is 0 Å². The molecule has 4 nitrogen and oxygen atoms in total. The van der Waals surface area contributed by atoms with E-state index < -0.39 is 12.1 Å². The summed E-state index contributed by atoms with van der Waals surface area (Å²) in [5.74, 6) is -0.671. The molecule has 0 aromatic heterocycles. The lowest BCUT2D eigenvalue weighted by molar-refractivity contribution is -0.152. The number of carbonyl (C=O) groups is 2. The number of anilines is 1. The van der Waals surface area contributed by atoms with Crippen molar-refractivity contribution in [3.8, 4) is 0 Å². The van der Waals surface area contributed by atoms with E-state index >= 15 is 0 Å². The van der Waals surface area contributed by atoms with E-state index in [4.69, 9.17) is 4.74 Å². The summed E-state index contributed by atoms with van der Waals surface area (Å²) in [4.78, 5) is 26.9. The molecule has 0 bridgehead atoms. The number of rotatable bonds is 2. The number of benzene rings is 2. The summed E-state index contributed by atoms with van der Waals surface area (Å²) in [5.41, 5.74) is 1.79. The van der Waals surface area contributed by atoms with E-state index in [0.717, 1.165) is 16.1 Å². The number of carbonyl (C=O) groups excluding carboxylic acids is 2. The Labute approximate surface area is 139 Å². The number of para-hydroxylation sites is 1. The Balaban J connectivity index is 2.10. The van der Waals surface area contributed by atoms with Gasteiger partial charge in [-0.2, -0.15) is 0 Å². The Morgan fingerprint density at radius 3 is 2.43 bits per heavy atom. The molecule has 0 saturated carbocycles. The predicted molar refractivity (Wildman–Crippen MR) is 90.4 cm³/mol. The van der Waals surface area contributed by atoms with Gasteiger partial charge in [0.25, 0.3) is 5.91 Å². The zero-order valence-electron chi connectivity index (χ0n) is 12.9. The molecule has 2 aromatic carbocycles. The standard InChI is InChI=1S/C18H17NO3S/c1-12(20)22-16-17(13-8-4-3-5-9-13)23-15-11-7-6-10-14(15)19(2)18(16)21/h3-11,16-17H,1-2H3/t16?,17-/m0/s1. The van der Waals surface area contributed by atoms with Crippen molar-refractivity contribution in [2.24, 2.45) is 0 Å². The zero-order valence-corrected chi connectivity index (χ0v) is 13.7. The van der Waals surface area contributed by atoms with E-state index in [0.29, 0.717) is 0 Å². The largest absolute Gasteiger partial charge is 0.451 e. The first-order valence-corrected chi connectivity index (χ1v) is 8.21. The van der Waals surface area contributed by atoms with Crippen LogP contribution in [0.15, 0.2) is 59.5 Å². The van der Waals surface area contributed by atoms with Crippen molar-refractivity contribution < 1.29 is 14.3 Å². The SMILES string of the molecule is CC(=O)OC1C(=O)N(C)c2ccccc2S[C@H]1c1ccccc1. The monoisotopic (exact) mass is 327 g/mol. The topological polar surface area (TPSA) is 46.6 Å². The molecule has 0 saturated heterocycles. The van der Waals surface area contributed by atoms with Crippen LogP contribution in [0.2, 0.25) is 0 Å². The number of nitrogens with zero attached hydrogens (tertiary/aromatic N) is 1. The van der Waals surface area contributed by atoms with Crippen molar-refractivity contribution in [3.05, 3.63) is 60.2 Å². The summed E-state index contributed by atoms with van der Waals surface area (Å²) in [7, 11) is 1.71. The second kappa shape index (κ2) is 6.46. The first-order valence-electron chi connectivity index (χ1n) is 7.33. The molecule has 0 radical (unpaired) electrons. The predicted octanol–water partition coefficient (Wildman–Crippen LogP) is 3.43. The van der Waals surface area contributed by atoms with Gasteiger partial charge in [0.1, 0.15) is 0 Å². The molecule has 0 aliphatic carbocycles. The second-order valence-electron chi connectivity index (χ2n) is 5.34. The number of fused-ring (bicyclic) bond motifs is 1. The molecule has 2 aromatic rings. The van der Waals surface area contributed by atoms with Crippen LogP contribution in [0.5, 0.6) is 0 Å². The lowest BCUT2D eigenvalue weighted by atomic mass is 10.1. The Morgan fingerprint density at radius 1 is 1.09 bits per heavy atom. The molecule has 5 heteroatoms. The molecule has 1 unspecified atom stereocenters. The first kappa shape index (κ1) is 15.6. The van der Waals surface area contributed by atoms with Crippen LogP contribution in [0.1, 0.15) is 17.7 Å². The maximum Gasteiger partial charge on any atom is 0.303 e. The number of amides is 1. The van der Waals surface area contributed by atoms with Crippen LogP contribution in [0.4, 0.5) is 5.69 Å². The van der Waals surface area contributed by atoms with E-state index in [9.17, 15) is 9.59 Å². The minimum Gasteiger partial charge on any atom is -0.451 e. The fourth-order valence-electron chi connectivity index (χ4n) is 2.65. The highest BCUT2D eigenvalue weighted by molar-refractivity contribution is 7.99. The zero-order chi connectivity index (χ0) is 16.4. The number of ether oxygens (including phenoxy) is 1. The average molecular weight is 327 g/mol. The molecule has 0 fully saturated rings. The minimum atomic E-state index is -0.850. The number of likely N-dealkylation sites (N-methyl/N-ethyl adjacent to an activating group) is 1. The van der Waals surface area contributed by atoms with Crippen molar-refractivity contribution in [1.82, 2.24) is 0 Å². The average Bonchev–Trinajstić information content (AvgIpc) is 2.66. The number of esters is 1. The number of thioether (sulfide) groups is 1. The van der Waals surface area contributed by atoms with E-state index in [1.54, 1.807) is 23.7 Å². The molecule has 1 aliphatic heterocycles. The van der Waals surface area contributed by atoms with E-state index in [1.165, 1.54) is 6.92 Å². The van der Waals surface area contributed by atoms with Gasteiger partial charge in [-0.1, -0.05) is 42.5 Å². The van der Waals surface area contributed by atoms with Crippen LogP contribution in [0.3, 0.4) is 0 Å². The smallest absolute Gasteiger partial charge is 0.303 e. The van der Waals surface area contributed by atoms with Crippen molar-refractivity contribution >= 4 is 29.3 Å². The number of hydrogen-bond donors (Lipinski definition) is 0. The molecular weight excluding hydrogens is 310 g/mol. The lowest BCUT2D eigenvalue weighted by Crippen LogP contribution is -2.40. The molecular formula is C18H17NO3S. The van der Waals surface area contributed by atoms with Gasteiger partial charge in [0, 0.05) is 18.9 Å². The van der Waals surface area contributed by atoms with E-state index in [-0.39, 0.29) is 11.2 Å². The quantitative estimate of drug-likeness (QED) is 0.793. The summed E-state index contributed by atoms with van der Waals surface area (Å²) in [5, 5.41) is -0.279. The van der Waals surface area contributed by atoms with Gasteiger partial charge in [0.05, 0.1) is 10.9 Å². The lowest BCUT2D eigenvalue weighted by Gasteiger charge is -2.25. The minimum absolute atomic E-state index is 0.216. The summed E-state index contributed by atoms with van der Waals surface area (Å²) < 4.78 is 5.40. The highest BCUT2D eigenvalue weighted by atomic mass is 32.2. The van der Waals surface area contributed by atoms with Crippen LogP contribution < -0.4 is 4.90 Å². The maximum atomic E-state index is 12.9. The normalized spacial score (nSPS) is 20.6. The summed E-state index contributed by atoms with van der Waals surface area (Å²) >= 11 is 1.55. The maximum absolute atomic E-state index is 12.9. The van der Waals surface area contributed by atoms with E-state index in [1.807, 2.05) is 54.6 Å². The van der Waals surface area contributed by atoms with Gasteiger partial charge in [-0.15, -0.1) is 11.8 Å². The van der Waals surface area contributed by atoms with Crippen LogP contribution in [-0.2, 0) is 14.3 Å². The van der Waals surface area contributed by atoms with Gasteiger partial charge in [0.2, 0.25) is 0 Å². The van der Waals surface area contributed by atoms with Crippen LogP contribution >= 0.6 is 11.8 Å². The molecule has 23 heavy (non-hydrogen) atoms. The third-order valence-corrected chi connectivity index (χ3v) is 5.12. The van der Waals surface area contributed by atoms with Crippen LogP contribution in [0.25, 0.3) is 0 Å². The van der Waals surface area contributed by atoms with Gasteiger partial charge in [-0.3, -0.25) is 9.59 Å². The Bertz CT molecular complexity index is 732. The van der Waals surface area contributed by atoms with Gasteiger partial charge >= 0.3 is 5.97 Å². The Hall–Kier alpha value is -2.27. The molecule has 3 rings (SSSR count). The fourth-order valence-corrected chi connectivity index (χ4v) is 3.99.